The summed E-state index contributed by atoms with van der Waals surface area (Å²) in [6.07, 6.45) is 2.79. The maximum Gasteiger partial charge on any atom is 0.408 e. The summed E-state index contributed by atoms with van der Waals surface area (Å²) in [5, 5.41) is 2.67. The van der Waals surface area contributed by atoms with Gasteiger partial charge < -0.3 is 10.1 Å². The molecule has 0 saturated carbocycles. The molecule has 0 heterocycles. The zero-order chi connectivity index (χ0) is 9.40. The summed E-state index contributed by atoms with van der Waals surface area (Å²) in [5.74, 6) is 0. The van der Waals surface area contributed by atoms with Crippen molar-refractivity contribution in [2.75, 3.05) is 6.07 Å². The van der Waals surface area contributed by atoms with E-state index in [4.69, 9.17) is 11.6 Å². The number of unbranched alkanes of at least 4 members (excludes halogenated alkanes) is 1. The molecule has 0 spiro atoms. The summed E-state index contributed by atoms with van der Waals surface area (Å²) in [7, 11) is 0. The lowest BCUT2D eigenvalue weighted by molar-refractivity contribution is 0.160. The lowest BCUT2D eigenvalue weighted by atomic mass is 10.1. The van der Waals surface area contributed by atoms with Crippen molar-refractivity contribution in [3.05, 3.63) is 0 Å². The number of hydrogen-bond acceptors (Lipinski definition) is 2. The Morgan fingerprint density at radius 1 is 1.67 bits per heavy atom. The van der Waals surface area contributed by atoms with Gasteiger partial charge in [-0.15, -0.1) is 0 Å². The molecule has 4 heteroatoms. The molecule has 1 amide bonds. The highest BCUT2D eigenvalue weighted by atomic mass is 35.5. The van der Waals surface area contributed by atoms with E-state index in [-0.39, 0.29) is 12.1 Å². The lowest BCUT2D eigenvalue weighted by Gasteiger charge is -2.11. The molecule has 0 aromatic rings. The topological polar surface area (TPSA) is 38.3 Å². The van der Waals surface area contributed by atoms with Crippen LogP contribution in [0.2, 0.25) is 0 Å². The van der Waals surface area contributed by atoms with E-state index in [1.165, 1.54) is 0 Å². The van der Waals surface area contributed by atoms with Gasteiger partial charge in [0.1, 0.15) is 0 Å². The van der Waals surface area contributed by atoms with E-state index in [0.29, 0.717) is 0 Å². The normalized spacial score (nSPS) is 12.2. The zero-order valence-electron chi connectivity index (χ0n) is 7.60. The van der Waals surface area contributed by atoms with Crippen LogP contribution in [-0.4, -0.2) is 18.2 Å². The van der Waals surface area contributed by atoms with Crippen LogP contribution in [0.1, 0.15) is 33.1 Å². The van der Waals surface area contributed by atoms with Crippen LogP contribution in [0.5, 0.6) is 0 Å². The van der Waals surface area contributed by atoms with Gasteiger partial charge in [-0.3, -0.25) is 0 Å². The number of halogens is 1. The third-order valence-corrected chi connectivity index (χ3v) is 1.65. The Labute approximate surface area is 78.4 Å². The molecule has 0 aliphatic rings. The molecule has 12 heavy (non-hydrogen) atoms. The van der Waals surface area contributed by atoms with Crippen LogP contribution in [0.3, 0.4) is 0 Å². The van der Waals surface area contributed by atoms with Crippen molar-refractivity contribution in [2.45, 2.75) is 39.2 Å². The quantitative estimate of drug-likeness (QED) is 0.682. The molecule has 0 bridgehead atoms. The Bertz CT molecular complexity index is 130. The largest absolute Gasteiger partial charge is 0.433 e. The fourth-order valence-corrected chi connectivity index (χ4v) is 0.974. The monoisotopic (exact) mass is 193 g/mol. The predicted octanol–water partition coefficient (Wildman–Crippen LogP) is 2.49. The van der Waals surface area contributed by atoms with Crippen LogP contribution < -0.4 is 5.32 Å². The number of rotatable bonds is 5. The molecular weight excluding hydrogens is 178 g/mol. The first-order valence-electron chi connectivity index (χ1n) is 4.20. The summed E-state index contributed by atoms with van der Waals surface area (Å²) in [6, 6.07) is 0.0763. The highest BCUT2D eigenvalue weighted by Gasteiger charge is 2.06. The van der Waals surface area contributed by atoms with Crippen molar-refractivity contribution < 1.29 is 9.53 Å². The van der Waals surface area contributed by atoms with E-state index >= 15 is 0 Å². The van der Waals surface area contributed by atoms with Gasteiger partial charge in [-0.2, -0.15) is 0 Å². The SMILES string of the molecule is CCCCC(C)NC(=O)OCCl. The smallest absolute Gasteiger partial charge is 0.408 e. The minimum Gasteiger partial charge on any atom is -0.433 e. The number of hydrogen-bond donors (Lipinski definition) is 1. The first kappa shape index (κ1) is 11.6. The average Bonchev–Trinajstić information content (AvgIpc) is 2.01. The second-order valence-corrected chi connectivity index (χ2v) is 2.95. The van der Waals surface area contributed by atoms with E-state index < -0.39 is 6.09 Å². The number of ether oxygens (including phenoxy) is 1. The molecule has 1 unspecified atom stereocenters. The van der Waals surface area contributed by atoms with E-state index in [9.17, 15) is 4.79 Å². The van der Waals surface area contributed by atoms with Gasteiger partial charge >= 0.3 is 6.09 Å². The van der Waals surface area contributed by atoms with Crippen molar-refractivity contribution >= 4 is 17.7 Å². The van der Waals surface area contributed by atoms with Crippen LogP contribution in [0, 0.1) is 0 Å². The molecule has 1 N–H and O–H groups in total. The molecule has 0 aliphatic heterocycles. The number of carbonyl (C=O) groups excluding carboxylic acids is 1. The molecule has 3 nitrogen and oxygen atoms in total. The molecule has 0 rings (SSSR count). The zero-order valence-corrected chi connectivity index (χ0v) is 8.36. The standard InChI is InChI=1S/C8H16ClNO2/c1-3-4-5-7(2)10-8(11)12-6-9/h7H,3-6H2,1-2H3,(H,10,11). The maximum absolute atomic E-state index is 10.8. The Morgan fingerprint density at radius 3 is 2.83 bits per heavy atom. The number of alkyl halides is 1. The molecule has 1 atom stereocenters. The van der Waals surface area contributed by atoms with E-state index in [0.717, 1.165) is 19.3 Å². The van der Waals surface area contributed by atoms with Crippen LogP contribution in [0.4, 0.5) is 4.79 Å². The summed E-state index contributed by atoms with van der Waals surface area (Å²) in [6.45, 7) is 4.06. The summed E-state index contributed by atoms with van der Waals surface area (Å²) < 4.78 is 4.51. The summed E-state index contributed by atoms with van der Waals surface area (Å²) in [4.78, 5) is 10.8. The van der Waals surface area contributed by atoms with Gasteiger partial charge in [-0.1, -0.05) is 31.4 Å². The molecule has 0 aromatic heterocycles. The highest BCUT2D eigenvalue weighted by molar-refractivity contribution is 6.17. The minimum atomic E-state index is -0.436. The molecule has 72 valence electrons. The number of nitrogens with one attached hydrogen (secondary N) is 1. The molecule has 0 saturated heterocycles. The van der Waals surface area contributed by atoms with Crippen LogP contribution in [0.25, 0.3) is 0 Å². The second kappa shape index (κ2) is 7.22. The third-order valence-electron chi connectivity index (χ3n) is 1.54. The van der Waals surface area contributed by atoms with Crippen LogP contribution in [0.15, 0.2) is 0 Å². The molecular formula is C8H16ClNO2. The fraction of sp³-hybridized carbons (Fsp3) is 0.875. The Hall–Kier alpha value is -0.440. The first-order chi connectivity index (χ1) is 5.70. The van der Waals surface area contributed by atoms with Gasteiger partial charge in [0.25, 0.3) is 0 Å². The van der Waals surface area contributed by atoms with Crippen molar-refractivity contribution in [3.8, 4) is 0 Å². The lowest BCUT2D eigenvalue weighted by Crippen LogP contribution is -2.32. The fourth-order valence-electron chi connectivity index (χ4n) is 0.875. The molecule has 0 aromatic carbocycles. The molecule has 0 aliphatic carbocycles. The number of alkyl carbamates (subject to hydrolysis) is 1. The third kappa shape index (κ3) is 6.28. The van der Waals surface area contributed by atoms with Crippen LogP contribution >= 0.6 is 11.6 Å². The van der Waals surface area contributed by atoms with E-state index in [2.05, 4.69) is 17.0 Å². The number of carbonyl (C=O) groups is 1. The Kier molecular flexibility index (Phi) is 6.96. The summed E-state index contributed by atoms with van der Waals surface area (Å²) >= 11 is 5.20. The minimum absolute atomic E-state index is 0.0909. The van der Waals surface area contributed by atoms with Gasteiger partial charge in [0, 0.05) is 6.04 Å². The second-order valence-electron chi connectivity index (χ2n) is 2.73. The van der Waals surface area contributed by atoms with Crippen molar-refractivity contribution in [3.63, 3.8) is 0 Å². The van der Waals surface area contributed by atoms with Crippen LogP contribution in [-0.2, 0) is 4.74 Å². The molecule has 0 fully saturated rings. The average molecular weight is 194 g/mol. The predicted molar refractivity (Wildman–Crippen MR) is 49.3 cm³/mol. The van der Waals surface area contributed by atoms with Gasteiger partial charge in [-0.25, -0.2) is 4.79 Å². The summed E-state index contributed by atoms with van der Waals surface area (Å²) in [5.41, 5.74) is 0. The Balaban J connectivity index is 3.40. The molecule has 0 radical (unpaired) electrons. The van der Waals surface area contributed by atoms with E-state index in [1.54, 1.807) is 0 Å². The number of amides is 1. The van der Waals surface area contributed by atoms with Gasteiger partial charge in [0.15, 0.2) is 6.07 Å². The van der Waals surface area contributed by atoms with E-state index in [1.807, 2.05) is 6.92 Å². The Morgan fingerprint density at radius 2 is 2.33 bits per heavy atom. The van der Waals surface area contributed by atoms with Gasteiger partial charge in [0.05, 0.1) is 0 Å². The first-order valence-corrected chi connectivity index (χ1v) is 4.73. The van der Waals surface area contributed by atoms with Gasteiger partial charge in [0.2, 0.25) is 0 Å². The van der Waals surface area contributed by atoms with Crippen molar-refractivity contribution in [1.82, 2.24) is 5.32 Å². The van der Waals surface area contributed by atoms with Crippen molar-refractivity contribution in [2.24, 2.45) is 0 Å². The highest BCUT2D eigenvalue weighted by Crippen LogP contribution is 1.99. The van der Waals surface area contributed by atoms with Crippen molar-refractivity contribution in [1.29, 1.82) is 0 Å². The maximum atomic E-state index is 10.8. The van der Waals surface area contributed by atoms with Gasteiger partial charge in [-0.05, 0) is 13.3 Å².